The van der Waals surface area contributed by atoms with Crippen LogP contribution in [0.2, 0.25) is 0 Å². The number of benzene rings is 2. The lowest BCUT2D eigenvalue weighted by Crippen LogP contribution is -2.31. The van der Waals surface area contributed by atoms with Crippen molar-refractivity contribution in [1.82, 2.24) is 5.32 Å². The van der Waals surface area contributed by atoms with Gasteiger partial charge in [-0.05, 0) is 49.2 Å². The van der Waals surface area contributed by atoms with E-state index in [1.54, 1.807) is 50.2 Å². The minimum absolute atomic E-state index is 0.347. The van der Waals surface area contributed by atoms with Gasteiger partial charge in [0.1, 0.15) is 5.82 Å². The van der Waals surface area contributed by atoms with Crippen molar-refractivity contribution in [1.29, 1.82) is 0 Å². The molecule has 0 spiro atoms. The first-order chi connectivity index (χ1) is 11.6. The average molecular weight is 365 g/mol. The molecule has 0 fully saturated rings. The summed E-state index contributed by atoms with van der Waals surface area (Å²) in [6, 6.07) is 10.3. The molecule has 134 valence electrons. The van der Waals surface area contributed by atoms with E-state index in [2.05, 4.69) is 15.4 Å². The maximum Gasteiger partial charge on any atom is 0.319 e. The van der Waals surface area contributed by atoms with E-state index in [-0.39, 0.29) is 6.04 Å². The van der Waals surface area contributed by atoms with Gasteiger partial charge >= 0.3 is 6.03 Å². The Hall–Kier alpha value is -2.61. The Morgan fingerprint density at radius 1 is 1.12 bits per heavy atom. The van der Waals surface area contributed by atoms with Crippen LogP contribution in [0.15, 0.2) is 42.5 Å². The number of anilines is 2. The van der Waals surface area contributed by atoms with Gasteiger partial charge in [0.15, 0.2) is 0 Å². The van der Waals surface area contributed by atoms with Crippen LogP contribution in [0.3, 0.4) is 0 Å². The van der Waals surface area contributed by atoms with Crippen LogP contribution in [0.5, 0.6) is 0 Å². The summed E-state index contributed by atoms with van der Waals surface area (Å²) in [5.41, 5.74) is 1.98. The van der Waals surface area contributed by atoms with Crippen molar-refractivity contribution in [3.05, 3.63) is 59.4 Å². The summed E-state index contributed by atoms with van der Waals surface area (Å²) >= 11 is 0. The highest BCUT2D eigenvalue weighted by Gasteiger charge is 2.11. The van der Waals surface area contributed by atoms with Gasteiger partial charge in [0.05, 0.1) is 12.3 Å². The van der Waals surface area contributed by atoms with Gasteiger partial charge in [-0.2, -0.15) is 0 Å². The van der Waals surface area contributed by atoms with Crippen LogP contribution in [-0.4, -0.2) is 20.7 Å². The van der Waals surface area contributed by atoms with E-state index in [1.807, 2.05) is 0 Å². The summed E-state index contributed by atoms with van der Waals surface area (Å²) < 4.78 is 38.5. The Balaban J connectivity index is 2.03. The molecule has 2 aromatic carbocycles. The standard InChI is InChI=1S/C17H20FN3O3S/c1-11-7-8-14(10-16(11)18)20-17(22)19-12(2)13-5-4-6-15(9-13)21-25(3,23)24/h4-10,12,21H,1-3H3,(H2,19,20,22). The summed E-state index contributed by atoms with van der Waals surface area (Å²) in [5, 5.41) is 5.28. The molecule has 0 saturated heterocycles. The first-order valence-corrected chi connectivity index (χ1v) is 9.44. The number of rotatable bonds is 5. The molecule has 0 heterocycles. The number of urea groups is 1. The largest absolute Gasteiger partial charge is 0.331 e. The topological polar surface area (TPSA) is 87.3 Å². The first kappa shape index (κ1) is 18.7. The molecule has 0 radical (unpaired) electrons. The lowest BCUT2D eigenvalue weighted by Gasteiger charge is -2.16. The highest BCUT2D eigenvalue weighted by atomic mass is 32.2. The van der Waals surface area contributed by atoms with Crippen LogP contribution in [0, 0.1) is 12.7 Å². The molecular formula is C17H20FN3O3S. The molecule has 2 rings (SSSR count). The minimum Gasteiger partial charge on any atom is -0.331 e. The second-order valence-corrected chi connectivity index (χ2v) is 7.53. The number of aryl methyl sites for hydroxylation is 1. The van der Waals surface area contributed by atoms with E-state index in [0.29, 0.717) is 16.9 Å². The number of amides is 2. The SMILES string of the molecule is Cc1ccc(NC(=O)NC(C)c2cccc(NS(C)(=O)=O)c2)cc1F. The lowest BCUT2D eigenvalue weighted by atomic mass is 10.1. The Kier molecular flexibility index (Phi) is 5.63. The third-order valence-corrected chi connectivity index (χ3v) is 4.07. The number of halogens is 1. The molecule has 0 aliphatic heterocycles. The molecule has 8 heteroatoms. The van der Waals surface area contributed by atoms with E-state index >= 15 is 0 Å². The Bertz CT molecular complexity index is 884. The molecule has 3 N–H and O–H groups in total. The zero-order valence-electron chi connectivity index (χ0n) is 14.1. The van der Waals surface area contributed by atoms with Crippen LogP contribution in [-0.2, 0) is 10.0 Å². The zero-order valence-corrected chi connectivity index (χ0v) is 14.9. The lowest BCUT2D eigenvalue weighted by molar-refractivity contribution is 0.249. The van der Waals surface area contributed by atoms with Crippen LogP contribution in [0.4, 0.5) is 20.6 Å². The zero-order chi connectivity index (χ0) is 18.6. The van der Waals surface area contributed by atoms with Crippen LogP contribution < -0.4 is 15.4 Å². The van der Waals surface area contributed by atoms with Crippen molar-refractivity contribution in [3.8, 4) is 0 Å². The van der Waals surface area contributed by atoms with Crippen LogP contribution in [0.1, 0.15) is 24.1 Å². The average Bonchev–Trinajstić information content (AvgIpc) is 2.49. The number of carbonyl (C=O) groups is 1. The smallest absolute Gasteiger partial charge is 0.319 e. The molecule has 2 amide bonds. The summed E-state index contributed by atoms with van der Waals surface area (Å²) in [4.78, 5) is 12.0. The third-order valence-electron chi connectivity index (χ3n) is 3.47. The van der Waals surface area contributed by atoms with E-state index in [1.165, 1.54) is 6.07 Å². The molecule has 0 aromatic heterocycles. The molecule has 0 bridgehead atoms. The van der Waals surface area contributed by atoms with Crippen molar-refractivity contribution in [2.75, 3.05) is 16.3 Å². The fraction of sp³-hybridized carbons (Fsp3) is 0.235. The molecule has 1 unspecified atom stereocenters. The second-order valence-electron chi connectivity index (χ2n) is 5.78. The van der Waals surface area contributed by atoms with Crippen molar-refractivity contribution in [2.24, 2.45) is 0 Å². The monoisotopic (exact) mass is 365 g/mol. The number of hydrogen-bond donors (Lipinski definition) is 3. The number of carbonyl (C=O) groups excluding carboxylic acids is 1. The van der Waals surface area contributed by atoms with Crippen LogP contribution >= 0.6 is 0 Å². The second kappa shape index (κ2) is 7.52. The van der Waals surface area contributed by atoms with Gasteiger partial charge in [-0.15, -0.1) is 0 Å². The summed E-state index contributed by atoms with van der Waals surface area (Å²) in [6.45, 7) is 3.40. The first-order valence-electron chi connectivity index (χ1n) is 7.55. The highest BCUT2D eigenvalue weighted by Crippen LogP contribution is 2.19. The van der Waals surface area contributed by atoms with Crippen molar-refractivity contribution < 1.29 is 17.6 Å². The van der Waals surface area contributed by atoms with Crippen LogP contribution in [0.25, 0.3) is 0 Å². The molecule has 0 aliphatic rings. The molecular weight excluding hydrogens is 345 g/mol. The normalized spacial score (nSPS) is 12.3. The summed E-state index contributed by atoms with van der Waals surface area (Å²) in [5.74, 6) is -0.398. The maximum absolute atomic E-state index is 13.5. The number of sulfonamides is 1. The molecule has 2 aromatic rings. The van der Waals surface area contributed by atoms with Gasteiger partial charge in [0, 0.05) is 11.4 Å². The van der Waals surface area contributed by atoms with E-state index < -0.39 is 21.9 Å². The van der Waals surface area contributed by atoms with Crippen molar-refractivity contribution in [2.45, 2.75) is 19.9 Å². The minimum atomic E-state index is -3.38. The third kappa shape index (κ3) is 5.75. The Morgan fingerprint density at radius 2 is 1.84 bits per heavy atom. The molecule has 0 aliphatic carbocycles. The van der Waals surface area contributed by atoms with Gasteiger partial charge in [0.25, 0.3) is 0 Å². The van der Waals surface area contributed by atoms with Crippen molar-refractivity contribution in [3.63, 3.8) is 0 Å². The number of nitrogens with one attached hydrogen (secondary N) is 3. The van der Waals surface area contributed by atoms with Gasteiger partial charge in [-0.3, -0.25) is 4.72 Å². The Labute approximate surface area is 146 Å². The molecule has 6 nitrogen and oxygen atoms in total. The quantitative estimate of drug-likeness (QED) is 0.759. The van der Waals surface area contributed by atoms with Gasteiger partial charge in [-0.1, -0.05) is 18.2 Å². The van der Waals surface area contributed by atoms with Gasteiger partial charge in [-0.25, -0.2) is 17.6 Å². The summed E-state index contributed by atoms with van der Waals surface area (Å²) in [6.07, 6.45) is 1.06. The van der Waals surface area contributed by atoms with Gasteiger partial charge < -0.3 is 10.6 Å². The highest BCUT2D eigenvalue weighted by molar-refractivity contribution is 7.92. The predicted octanol–water partition coefficient (Wildman–Crippen LogP) is 3.39. The van der Waals surface area contributed by atoms with E-state index in [9.17, 15) is 17.6 Å². The van der Waals surface area contributed by atoms with E-state index in [4.69, 9.17) is 0 Å². The van der Waals surface area contributed by atoms with Crippen molar-refractivity contribution >= 4 is 27.4 Å². The fourth-order valence-corrected chi connectivity index (χ4v) is 2.76. The van der Waals surface area contributed by atoms with Gasteiger partial charge in [0.2, 0.25) is 10.0 Å². The molecule has 1 atom stereocenters. The fourth-order valence-electron chi connectivity index (χ4n) is 2.20. The van der Waals surface area contributed by atoms with E-state index in [0.717, 1.165) is 11.8 Å². The number of hydrogen-bond acceptors (Lipinski definition) is 3. The predicted molar refractivity (Wildman–Crippen MR) is 96.6 cm³/mol. The molecule has 0 saturated carbocycles. The molecule has 25 heavy (non-hydrogen) atoms. The Morgan fingerprint density at radius 3 is 2.48 bits per heavy atom. The maximum atomic E-state index is 13.5. The summed E-state index contributed by atoms with van der Waals surface area (Å²) in [7, 11) is -3.38.